The van der Waals surface area contributed by atoms with E-state index in [0.29, 0.717) is 28.4 Å². The van der Waals surface area contributed by atoms with Crippen LogP contribution in [-0.2, 0) is 0 Å². The predicted octanol–water partition coefficient (Wildman–Crippen LogP) is 2.05. The maximum Gasteiger partial charge on any atom is 0.254 e. The molecule has 2 N–H and O–H groups in total. The minimum absolute atomic E-state index is 0.0363. The molecule has 1 aromatic rings. The number of rotatable bonds is 2. The van der Waals surface area contributed by atoms with Gasteiger partial charge in [0.05, 0.1) is 5.56 Å². The first-order chi connectivity index (χ1) is 8.20. The van der Waals surface area contributed by atoms with E-state index in [1.807, 2.05) is 0 Å². The maximum atomic E-state index is 11.9. The smallest absolute Gasteiger partial charge is 0.254 e. The molecule has 2 aliphatic heterocycles. The SMILES string of the molecule is O=C(NC1CC2CCC(C1)N2)c1coc(Br)c1. The molecule has 4 nitrogen and oxygen atoms in total. The van der Waals surface area contributed by atoms with Gasteiger partial charge in [0.25, 0.3) is 5.91 Å². The Labute approximate surface area is 108 Å². The van der Waals surface area contributed by atoms with Crippen molar-refractivity contribution in [3.05, 3.63) is 22.6 Å². The molecule has 3 rings (SSSR count). The van der Waals surface area contributed by atoms with Crippen LogP contribution in [0.4, 0.5) is 0 Å². The Balaban J connectivity index is 1.62. The Bertz CT molecular complexity index is 420. The molecule has 0 aromatic carbocycles. The summed E-state index contributed by atoms with van der Waals surface area (Å²) >= 11 is 3.20. The fourth-order valence-electron chi connectivity index (χ4n) is 2.87. The van der Waals surface area contributed by atoms with Gasteiger partial charge in [-0.3, -0.25) is 4.79 Å². The van der Waals surface area contributed by atoms with Crippen LogP contribution in [0, 0.1) is 0 Å². The standard InChI is InChI=1S/C12H15BrN2O2/c13-11-3-7(6-17-11)12(16)15-10-4-8-1-2-9(5-10)14-8/h3,6,8-10,14H,1-2,4-5H2,(H,15,16). The second-order valence-corrected chi connectivity index (χ2v) is 5.70. The molecule has 3 heterocycles. The van der Waals surface area contributed by atoms with Crippen LogP contribution >= 0.6 is 15.9 Å². The van der Waals surface area contributed by atoms with Crippen LogP contribution in [0.3, 0.4) is 0 Å². The Kier molecular flexibility index (Phi) is 2.96. The molecule has 2 unspecified atom stereocenters. The van der Waals surface area contributed by atoms with E-state index in [1.165, 1.54) is 19.1 Å². The molecule has 2 fully saturated rings. The van der Waals surface area contributed by atoms with Crippen LogP contribution in [0.15, 0.2) is 21.4 Å². The average Bonchev–Trinajstić information content (AvgIpc) is 2.85. The van der Waals surface area contributed by atoms with Crippen molar-refractivity contribution in [2.45, 2.75) is 43.8 Å². The maximum absolute atomic E-state index is 11.9. The van der Waals surface area contributed by atoms with E-state index in [9.17, 15) is 4.79 Å². The Morgan fingerprint density at radius 1 is 1.41 bits per heavy atom. The van der Waals surface area contributed by atoms with Gasteiger partial charge in [-0.1, -0.05) is 0 Å². The number of hydrogen-bond donors (Lipinski definition) is 2. The molecule has 2 atom stereocenters. The predicted molar refractivity (Wildman–Crippen MR) is 66.8 cm³/mol. The third kappa shape index (κ3) is 2.40. The number of carbonyl (C=O) groups excluding carboxylic acids is 1. The number of halogens is 1. The monoisotopic (exact) mass is 298 g/mol. The topological polar surface area (TPSA) is 54.3 Å². The van der Waals surface area contributed by atoms with Crippen molar-refractivity contribution in [3.63, 3.8) is 0 Å². The van der Waals surface area contributed by atoms with Crippen molar-refractivity contribution in [1.29, 1.82) is 0 Å². The van der Waals surface area contributed by atoms with Gasteiger partial charge in [0, 0.05) is 24.2 Å². The van der Waals surface area contributed by atoms with E-state index in [1.54, 1.807) is 6.07 Å². The number of fused-ring (bicyclic) bond motifs is 2. The second kappa shape index (κ2) is 4.46. The molecule has 1 amide bonds. The first kappa shape index (κ1) is 11.3. The largest absolute Gasteiger partial charge is 0.457 e. The average molecular weight is 299 g/mol. The quantitative estimate of drug-likeness (QED) is 0.879. The molecule has 2 bridgehead atoms. The van der Waals surface area contributed by atoms with Crippen molar-refractivity contribution in [2.75, 3.05) is 0 Å². The Hall–Kier alpha value is -0.810. The van der Waals surface area contributed by atoms with Gasteiger partial charge in [0.1, 0.15) is 6.26 Å². The highest BCUT2D eigenvalue weighted by molar-refractivity contribution is 9.10. The van der Waals surface area contributed by atoms with Gasteiger partial charge in [0.2, 0.25) is 0 Å². The van der Waals surface area contributed by atoms with Gasteiger partial charge in [-0.2, -0.15) is 0 Å². The van der Waals surface area contributed by atoms with E-state index in [0.717, 1.165) is 12.8 Å². The molecular formula is C12H15BrN2O2. The van der Waals surface area contributed by atoms with Crippen LogP contribution < -0.4 is 10.6 Å². The Morgan fingerprint density at radius 2 is 2.12 bits per heavy atom. The van der Waals surface area contributed by atoms with Crippen LogP contribution in [0.1, 0.15) is 36.0 Å². The van der Waals surface area contributed by atoms with Crippen LogP contribution in [0.5, 0.6) is 0 Å². The lowest BCUT2D eigenvalue weighted by Crippen LogP contribution is -2.47. The van der Waals surface area contributed by atoms with Crippen molar-refractivity contribution in [1.82, 2.24) is 10.6 Å². The third-order valence-corrected chi connectivity index (χ3v) is 4.05. The van der Waals surface area contributed by atoms with Gasteiger partial charge in [0.15, 0.2) is 4.67 Å². The highest BCUT2D eigenvalue weighted by Gasteiger charge is 2.34. The molecule has 0 radical (unpaired) electrons. The molecule has 5 heteroatoms. The summed E-state index contributed by atoms with van der Waals surface area (Å²) in [7, 11) is 0. The van der Waals surface area contributed by atoms with Crippen molar-refractivity contribution >= 4 is 21.8 Å². The summed E-state index contributed by atoms with van der Waals surface area (Å²) < 4.78 is 5.66. The van der Waals surface area contributed by atoms with Crippen LogP contribution in [0.25, 0.3) is 0 Å². The zero-order valence-corrected chi connectivity index (χ0v) is 11.0. The van der Waals surface area contributed by atoms with E-state index in [-0.39, 0.29) is 5.91 Å². The zero-order valence-electron chi connectivity index (χ0n) is 9.41. The summed E-state index contributed by atoms with van der Waals surface area (Å²) in [6.45, 7) is 0. The minimum atomic E-state index is -0.0363. The number of carbonyl (C=O) groups is 1. The number of amides is 1. The van der Waals surface area contributed by atoms with E-state index >= 15 is 0 Å². The fraction of sp³-hybridized carbons (Fsp3) is 0.583. The molecule has 92 valence electrons. The van der Waals surface area contributed by atoms with Gasteiger partial charge in [-0.25, -0.2) is 0 Å². The highest BCUT2D eigenvalue weighted by atomic mass is 79.9. The summed E-state index contributed by atoms with van der Waals surface area (Å²) in [4.78, 5) is 11.9. The van der Waals surface area contributed by atoms with E-state index in [2.05, 4.69) is 26.6 Å². The molecule has 0 spiro atoms. The number of piperidine rings is 1. The molecule has 2 aliphatic rings. The van der Waals surface area contributed by atoms with Crippen molar-refractivity contribution < 1.29 is 9.21 Å². The van der Waals surface area contributed by atoms with Crippen LogP contribution in [-0.4, -0.2) is 24.0 Å². The van der Waals surface area contributed by atoms with Crippen molar-refractivity contribution in [2.24, 2.45) is 0 Å². The van der Waals surface area contributed by atoms with Gasteiger partial charge >= 0.3 is 0 Å². The van der Waals surface area contributed by atoms with Gasteiger partial charge in [-0.05, 0) is 41.6 Å². The van der Waals surface area contributed by atoms with Gasteiger partial charge < -0.3 is 15.1 Å². The lowest BCUT2D eigenvalue weighted by Gasteiger charge is -2.29. The molecule has 2 saturated heterocycles. The fourth-order valence-corrected chi connectivity index (χ4v) is 3.21. The number of hydrogen-bond acceptors (Lipinski definition) is 3. The number of furan rings is 1. The lowest BCUT2D eigenvalue weighted by molar-refractivity contribution is 0.0923. The molecule has 0 saturated carbocycles. The summed E-state index contributed by atoms with van der Waals surface area (Å²) in [6.07, 6.45) is 6.06. The van der Waals surface area contributed by atoms with E-state index < -0.39 is 0 Å². The summed E-state index contributed by atoms with van der Waals surface area (Å²) in [5.41, 5.74) is 0.586. The first-order valence-corrected chi connectivity index (χ1v) is 6.81. The first-order valence-electron chi connectivity index (χ1n) is 6.01. The Morgan fingerprint density at radius 3 is 2.71 bits per heavy atom. The molecule has 1 aromatic heterocycles. The molecular weight excluding hydrogens is 284 g/mol. The molecule has 17 heavy (non-hydrogen) atoms. The number of nitrogens with one attached hydrogen (secondary N) is 2. The second-order valence-electron chi connectivity index (χ2n) is 4.92. The summed E-state index contributed by atoms with van der Waals surface area (Å²) in [5, 5.41) is 6.65. The highest BCUT2D eigenvalue weighted by Crippen LogP contribution is 2.27. The summed E-state index contributed by atoms with van der Waals surface area (Å²) in [6, 6.07) is 3.19. The lowest BCUT2D eigenvalue weighted by atomic mass is 9.99. The normalized spacial score (nSPS) is 31.5. The van der Waals surface area contributed by atoms with E-state index in [4.69, 9.17) is 4.42 Å². The van der Waals surface area contributed by atoms with Gasteiger partial charge in [-0.15, -0.1) is 0 Å². The minimum Gasteiger partial charge on any atom is -0.457 e. The van der Waals surface area contributed by atoms with Crippen LogP contribution in [0.2, 0.25) is 0 Å². The van der Waals surface area contributed by atoms with Crippen molar-refractivity contribution in [3.8, 4) is 0 Å². The third-order valence-electron chi connectivity index (χ3n) is 3.64. The molecule has 0 aliphatic carbocycles. The zero-order chi connectivity index (χ0) is 11.8. The summed E-state index contributed by atoms with van der Waals surface area (Å²) in [5.74, 6) is -0.0363.